The number of nitrogen functional groups attached to an aromatic ring is 1. The van der Waals surface area contributed by atoms with Crippen LogP contribution in [0.2, 0.25) is 0 Å². The van der Waals surface area contributed by atoms with E-state index in [1.54, 1.807) is 18.5 Å². The van der Waals surface area contributed by atoms with Gasteiger partial charge in [-0.25, -0.2) is 4.57 Å². The Kier molecular flexibility index (Phi) is 6.09. The van der Waals surface area contributed by atoms with Crippen LogP contribution >= 0.6 is 0 Å². The van der Waals surface area contributed by atoms with E-state index in [2.05, 4.69) is 54.9 Å². The maximum Gasteiger partial charge on any atom is 0.306 e. The number of phenolic OH excluding ortho intramolecular Hbond substituents is 1. The van der Waals surface area contributed by atoms with Gasteiger partial charge in [0.2, 0.25) is 12.1 Å². The molecule has 0 amide bonds. The van der Waals surface area contributed by atoms with Crippen molar-refractivity contribution in [3.63, 3.8) is 0 Å². The lowest BCUT2D eigenvalue weighted by molar-refractivity contribution is -0.686. The molecule has 6 heteroatoms. The lowest BCUT2D eigenvalue weighted by Crippen LogP contribution is -2.41. The normalized spacial score (nSPS) is 14.8. The van der Waals surface area contributed by atoms with Gasteiger partial charge in [-0.05, 0) is 38.1 Å². The standard InChI is InChI=1S/C25H30N4O2/c1-4-28(5-2)13-6-14-29-16-27-25-23(24(29)26)22(18-9-7-17(3)8-10-18)20-12-11-19(30)15-21(20)31-25/h7-12,15-16,22,26,30H,4-6,13-14H2,1-3H3/p+1/t22-/m1/s1. The van der Waals surface area contributed by atoms with Crippen molar-refractivity contribution >= 4 is 5.82 Å². The lowest BCUT2D eigenvalue weighted by Gasteiger charge is -2.27. The minimum absolute atomic E-state index is 0.109. The van der Waals surface area contributed by atoms with Crippen molar-refractivity contribution in [3.05, 3.63) is 71.0 Å². The fourth-order valence-electron chi connectivity index (χ4n) is 4.27. The summed E-state index contributed by atoms with van der Waals surface area (Å²) in [4.78, 5) is 7.01. The van der Waals surface area contributed by atoms with Gasteiger partial charge >= 0.3 is 5.88 Å². The van der Waals surface area contributed by atoms with Crippen molar-refractivity contribution in [2.24, 2.45) is 0 Å². The summed E-state index contributed by atoms with van der Waals surface area (Å²) in [6.45, 7) is 10.4. The Hall–Kier alpha value is -3.12. The van der Waals surface area contributed by atoms with E-state index in [-0.39, 0.29) is 11.7 Å². The summed E-state index contributed by atoms with van der Waals surface area (Å²) in [5.41, 5.74) is 10.9. The van der Waals surface area contributed by atoms with E-state index in [9.17, 15) is 5.11 Å². The molecular formula is C25H31N4O2+. The molecule has 1 atom stereocenters. The molecule has 0 aliphatic carbocycles. The molecule has 0 bridgehead atoms. The first-order chi connectivity index (χ1) is 15.0. The van der Waals surface area contributed by atoms with Crippen LogP contribution in [0.15, 0.2) is 48.8 Å². The number of aromatic hydroxyl groups is 1. The molecule has 4 rings (SSSR count). The number of fused-ring (bicyclic) bond motifs is 2. The molecule has 1 aliphatic heterocycles. The number of phenols is 1. The Bertz CT molecular complexity index is 1060. The molecule has 6 nitrogen and oxygen atoms in total. The van der Waals surface area contributed by atoms with Gasteiger partial charge in [0.05, 0.1) is 12.5 Å². The molecule has 0 saturated heterocycles. The first-order valence-corrected chi connectivity index (χ1v) is 11.0. The van der Waals surface area contributed by atoms with Gasteiger partial charge in [0, 0.05) is 18.2 Å². The van der Waals surface area contributed by atoms with Crippen LogP contribution in [0.3, 0.4) is 0 Å². The van der Waals surface area contributed by atoms with Crippen LogP contribution in [0.25, 0.3) is 0 Å². The van der Waals surface area contributed by atoms with Gasteiger partial charge in [0.15, 0.2) is 0 Å². The molecule has 0 radical (unpaired) electrons. The highest BCUT2D eigenvalue weighted by Gasteiger charge is 2.36. The third-order valence-electron chi connectivity index (χ3n) is 6.11. The molecule has 2 aromatic carbocycles. The third-order valence-corrected chi connectivity index (χ3v) is 6.11. The van der Waals surface area contributed by atoms with Crippen molar-refractivity contribution < 1.29 is 14.4 Å². The van der Waals surface area contributed by atoms with E-state index in [0.717, 1.165) is 49.3 Å². The topological polar surface area (TPSA) is 75.5 Å². The zero-order chi connectivity index (χ0) is 22.0. The first kappa shape index (κ1) is 21.1. The quantitative estimate of drug-likeness (QED) is 0.443. The molecule has 0 fully saturated rings. The van der Waals surface area contributed by atoms with E-state index in [1.807, 2.05) is 10.6 Å². The van der Waals surface area contributed by atoms with Crippen LogP contribution in [0.4, 0.5) is 5.82 Å². The summed E-state index contributed by atoms with van der Waals surface area (Å²) >= 11 is 0. The molecule has 0 spiro atoms. The van der Waals surface area contributed by atoms with Crippen LogP contribution in [0.5, 0.6) is 17.4 Å². The number of benzene rings is 2. The average Bonchev–Trinajstić information content (AvgIpc) is 2.77. The van der Waals surface area contributed by atoms with Crippen LogP contribution in [-0.2, 0) is 6.54 Å². The zero-order valence-electron chi connectivity index (χ0n) is 18.5. The van der Waals surface area contributed by atoms with Crippen molar-refractivity contribution in [1.29, 1.82) is 0 Å². The van der Waals surface area contributed by atoms with Gasteiger partial charge in [-0.3, -0.25) is 0 Å². The first-order valence-electron chi connectivity index (χ1n) is 11.0. The van der Waals surface area contributed by atoms with E-state index in [1.165, 1.54) is 5.56 Å². The SMILES string of the molecule is CCN(CC)CCC[n+]1cnc2c(c1N)[C@H](c1ccc(C)cc1)c1ccc(O)cc1O2. The lowest BCUT2D eigenvalue weighted by atomic mass is 9.83. The Morgan fingerprint density at radius 3 is 2.58 bits per heavy atom. The predicted octanol–water partition coefficient (Wildman–Crippen LogP) is 3.98. The summed E-state index contributed by atoms with van der Waals surface area (Å²) in [6.07, 6.45) is 2.76. The van der Waals surface area contributed by atoms with Gasteiger partial charge < -0.3 is 20.5 Å². The van der Waals surface area contributed by atoms with Crippen LogP contribution in [0.1, 0.15) is 48.4 Å². The fourth-order valence-corrected chi connectivity index (χ4v) is 4.27. The number of anilines is 1. The highest BCUT2D eigenvalue weighted by Crippen LogP contribution is 2.48. The highest BCUT2D eigenvalue weighted by molar-refractivity contribution is 5.62. The molecule has 2 heterocycles. The van der Waals surface area contributed by atoms with Crippen molar-refractivity contribution in [1.82, 2.24) is 9.88 Å². The number of hydrogen-bond acceptors (Lipinski definition) is 5. The minimum atomic E-state index is -0.109. The fraction of sp³-hybridized carbons (Fsp3) is 0.360. The maximum absolute atomic E-state index is 9.98. The second-order valence-electron chi connectivity index (χ2n) is 8.09. The number of rotatable bonds is 7. The molecule has 0 saturated carbocycles. The molecule has 1 aromatic heterocycles. The van der Waals surface area contributed by atoms with Gasteiger partial charge in [-0.15, -0.1) is 0 Å². The number of ether oxygens (including phenoxy) is 1. The summed E-state index contributed by atoms with van der Waals surface area (Å²) in [6, 6.07) is 13.7. The van der Waals surface area contributed by atoms with Crippen LogP contribution in [-0.4, -0.2) is 34.6 Å². The molecule has 3 aromatic rings. The molecular weight excluding hydrogens is 388 g/mol. The minimum Gasteiger partial charge on any atom is -0.508 e. The molecule has 0 unspecified atom stereocenters. The van der Waals surface area contributed by atoms with E-state index < -0.39 is 0 Å². The Morgan fingerprint density at radius 2 is 1.87 bits per heavy atom. The molecule has 3 N–H and O–H groups in total. The molecule has 31 heavy (non-hydrogen) atoms. The van der Waals surface area contributed by atoms with E-state index in [4.69, 9.17) is 10.5 Å². The maximum atomic E-state index is 9.98. The average molecular weight is 420 g/mol. The second-order valence-corrected chi connectivity index (χ2v) is 8.09. The summed E-state index contributed by atoms with van der Waals surface area (Å²) in [5.74, 6) is 1.85. The Morgan fingerprint density at radius 1 is 1.13 bits per heavy atom. The third kappa shape index (κ3) is 4.21. The van der Waals surface area contributed by atoms with Gasteiger partial charge in [0.1, 0.15) is 17.1 Å². The van der Waals surface area contributed by atoms with Crippen molar-refractivity contribution in [2.45, 2.75) is 39.7 Å². The highest BCUT2D eigenvalue weighted by atomic mass is 16.5. The monoisotopic (exact) mass is 419 g/mol. The van der Waals surface area contributed by atoms with Crippen molar-refractivity contribution in [3.8, 4) is 17.4 Å². The summed E-state index contributed by atoms with van der Waals surface area (Å²) in [7, 11) is 0. The number of aryl methyl sites for hydroxylation is 2. The zero-order valence-corrected chi connectivity index (χ0v) is 18.5. The smallest absolute Gasteiger partial charge is 0.306 e. The molecule has 162 valence electrons. The van der Waals surface area contributed by atoms with Gasteiger partial charge in [0.25, 0.3) is 0 Å². The van der Waals surface area contributed by atoms with Gasteiger partial charge in [-0.2, -0.15) is 0 Å². The predicted molar refractivity (Wildman–Crippen MR) is 122 cm³/mol. The number of nitrogens with two attached hydrogens (primary N) is 1. The van der Waals surface area contributed by atoms with E-state index in [0.29, 0.717) is 17.4 Å². The largest absolute Gasteiger partial charge is 0.508 e. The van der Waals surface area contributed by atoms with Crippen LogP contribution in [0, 0.1) is 6.92 Å². The number of hydrogen-bond donors (Lipinski definition) is 2. The van der Waals surface area contributed by atoms with E-state index >= 15 is 0 Å². The Balaban J connectivity index is 1.74. The number of aromatic nitrogens is 2. The summed E-state index contributed by atoms with van der Waals surface area (Å²) in [5, 5.41) is 9.98. The molecule has 1 aliphatic rings. The second kappa shape index (κ2) is 8.94. The van der Waals surface area contributed by atoms with Crippen LogP contribution < -0.4 is 15.0 Å². The Labute approximate surface area is 183 Å². The van der Waals surface area contributed by atoms with Gasteiger partial charge in [-0.1, -0.05) is 54.7 Å². The summed E-state index contributed by atoms with van der Waals surface area (Å²) < 4.78 is 8.10. The van der Waals surface area contributed by atoms with Crippen molar-refractivity contribution in [2.75, 3.05) is 25.4 Å². The number of nitrogens with zero attached hydrogens (tertiary/aromatic N) is 3.